The number of benzene rings is 1. The number of carbonyl (C=O) groups is 1. The first-order chi connectivity index (χ1) is 12.6. The lowest BCUT2D eigenvalue weighted by Gasteiger charge is -2.27. The van der Waals surface area contributed by atoms with E-state index in [1.165, 1.54) is 24.0 Å². The molecular formula is C20H24ClN3O3. The van der Waals surface area contributed by atoms with Crippen LogP contribution in [0, 0.1) is 11.8 Å². The van der Waals surface area contributed by atoms with Gasteiger partial charge in [-0.3, -0.25) is 14.7 Å². The van der Waals surface area contributed by atoms with E-state index in [4.69, 9.17) is 4.74 Å². The number of likely N-dealkylation sites (tertiary alicyclic amines) is 2. The van der Waals surface area contributed by atoms with Crippen LogP contribution in [0.1, 0.15) is 22.0 Å². The Morgan fingerprint density at radius 1 is 1.19 bits per heavy atom. The summed E-state index contributed by atoms with van der Waals surface area (Å²) in [5.74, 6) is 1.68. The van der Waals surface area contributed by atoms with E-state index < -0.39 is 0 Å². The number of pyridine rings is 1. The number of ether oxygens (including phenoxy) is 1. The van der Waals surface area contributed by atoms with Crippen molar-refractivity contribution < 1.29 is 14.6 Å². The van der Waals surface area contributed by atoms with Crippen molar-refractivity contribution in [3.05, 3.63) is 53.9 Å². The fraction of sp³-hybridized carbons (Fsp3) is 0.400. The molecule has 0 bridgehead atoms. The minimum atomic E-state index is -0.0565. The molecule has 2 aliphatic rings. The molecule has 3 heterocycles. The van der Waals surface area contributed by atoms with Gasteiger partial charge in [0.25, 0.3) is 5.91 Å². The van der Waals surface area contributed by atoms with Gasteiger partial charge in [-0.15, -0.1) is 12.4 Å². The van der Waals surface area contributed by atoms with Crippen LogP contribution in [-0.4, -0.2) is 59.6 Å². The van der Waals surface area contributed by atoms with Gasteiger partial charge in [0.05, 0.1) is 18.9 Å². The Labute approximate surface area is 165 Å². The van der Waals surface area contributed by atoms with Crippen molar-refractivity contribution in [2.45, 2.75) is 6.04 Å². The van der Waals surface area contributed by atoms with Crippen LogP contribution in [0.2, 0.25) is 0 Å². The first-order valence-corrected chi connectivity index (χ1v) is 8.84. The van der Waals surface area contributed by atoms with E-state index in [9.17, 15) is 9.90 Å². The van der Waals surface area contributed by atoms with Crippen LogP contribution in [0.4, 0.5) is 0 Å². The first kappa shape index (κ1) is 19.5. The summed E-state index contributed by atoms with van der Waals surface area (Å²) in [6, 6.07) is 10.00. The normalized spacial score (nSPS) is 24.4. The second kappa shape index (κ2) is 7.74. The predicted octanol–water partition coefficient (Wildman–Crippen LogP) is 2.59. The van der Waals surface area contributed by atoms with Crippen LogP contribution < -0.4 is 4.74 Å². The van der Waals surface area contributed by atoms with E-state index >= 15 is 0 Å². The molecule has 6 nitrogen and oxygen atoms in total. The van der Waals surface area contributed by atoms with Gasteiger partial charge in [0.1, 0.15) is 11.5 Å². The number of aromatic hydroxyl groups is 1. The molecule has 0 radical (unpaired) electrons. The maximum absolute atomic E-state index is 12.8. The van der Waals surface area contributed by atoms with E-state index in [-0.39, 0.29) is 24.1 Å². The number of hydrogen-bond donors (Lipinski definition) is 1. The quantitative estimate of drug-likeness (QED) is 0.874. The van der Waals surface area contributed by atoms with Crippen LogP contribution in [0.3, 0.4) is 0 Å². The number of carbonyl (C=O) groups excluding carboxylic acids is 1. The molecule has 3 atom stereocenters. The fourth-order valence-corrected chi connectivity index (χ4v) is 4.45. The molecule has 1 N–H and O–H groups in total. The minimum Gasteiger partial charge on any atom is -0.506 e. The lowest BCUT2D eigenvalue weighted by atomic mass is 9.89. The summed E-state index contributed by atoms with van der Waals surface area (Å²) >= 11 is 0. The van der Waals surface area contributed by atoms with Crippen molar-refractivity contribution in [3.8, 4) is 11.5 Å². The average Bonchev–Trinajstić information content (AvgIpc) is 3.18. The zero-order valence-electron chi connectivity index (χ0n) is 15.4. The van der Waals surface area contributed by atoms with Gasteiger partial charge in [0.15, 0.2) is 0 Å². The highest BCUT2D eigenvalue weighted by Crippen LogP contribution is 2.44. The van der Waals surface area contributed by atoms with Gasteiger partial charge < -0.3 is 14.7 Å². The number of rotatable bonds is 3. The summed E-state index contributed by atoms with van der Waals surface area (Å²) in [4.78, 5) is 21.0. The molecule has 144 valence electrons. The lowest BCUT2D eigenvalue weighted by Crippen LogP contribution is -2.33. The second-order valence-corrected chi connectivity index (χ2v) is 7.22. The summed E-state index contributed by atoms with van der Waals surface area (Å²) in [5, 5.41) is 9.58. The molecule has 7 heteroatoms. The minimum absolute atomic E-state index is 0. The highest BCUT2D eigenvalue weighted by atomic mass is 35.5. The number of halogens is 1. The maximum Gasteiger partial charge on any atom is 0.255 e. The fourth-order valence-electron chi connectivity index (χ4n) is 4.45. The Morgan fingerprint density at radius 2 is 1.93 bits per heavy atom. The number of hydrogen-bond acceptors (Lipinski definition) is 5. The summed E-state index contributed by atoms with van der Waals surface area (Å²) in [6.45, 7) is 2.44. The number of nitrogens with zero attached hydrogens (tertiary/aromatic N) is 3. The van der Waals surface area contributed by atoms with Crippen molar-refractivity contribution in [3.63, 3.8) is 0 Å². The number of aromatic nitrogens is 1. The van der Waals surface area contributed by atoms with Crippen LogP contribution >= 0.6 is 12.4 Å². The smallest absolute Gasteiger partial charge is 0.255 e. The topological polar surface area (TPSA) is 65.9 Å². The predicted molar refractivity (Wildman–Crippen MR) is 104 cm³/mol. The lowest BCUT2D eigenvalue weighted by molar-refractivity contribution is 0.0767. The zero-order valence-corrected chi connectivity index (χ0v) is 16.2. The van der Waals surface area contributed by atoms with Gasteiger partial charge in [-0.1, -0.05) is 12.1 Å². The standard InChI is InChI=1S/C20H23N3O3.ClH/c1-22-10-15-11-23(20(25)14-7-16(24)9-21-8-14)12-18(15)19(22)13-3-5-17(26-2)6-4-13;/h3-9,15,18-19,24H,10-12H2,1-2H3;1H/t15-,18+,19-;/m0./s1. The van der Waals surface area contributed by atoms with Gasteiger partial charge in [-0.05, 0) is 36.7 Å². The van der Waals surface area contributed by atoms with Crippen LogP contribution in [-0.2, 0) is 0 Å². The van der Waals surface area contributed by atoms with Gasteiger partial charge >= 0.3 is 0 Å². The highest BCUT2D eigenvalue weighted by molar-refractivity contribution is 5.94. The summed E-state index contributed by atoms with van der Waals surface area (Å²) < 4.78 is 5.26. The summed E-state index contributed by atoms with van der Waals surface area (Å²) in [7, 11) is 3.82. The second-order valence-electron chi connectivity index (χ2n) is 7.22. The Bertz CT molecular complexity index is 814. The molecule has 1 aromatic carbocycles. The third kappa shape index (κ3) is 3.59. The molecule has 0 saturated carbocycles. The van der Waals surface area contributed by atoms with Crippen molar-refractivity contribution in [1.82, 2.24) is 14.8 Å². The molecule has 1 aromatic heterocycles. The molecule has 0 aliphatic carbocycles. The van der Waals surface area contributed by atoms with E-state index in [1.54, 1.807) is 7.11 Å². The molecule has 2 fully saturated rings. The SMILES string of the molecule is COc1ccc([C@H]2[C@@H]3CN(C(=O)c4cncc(O)c4)C[C@@H]3CN2C)cc1.Cl. The van der Waals surface area contributed by atoms with Crippen molar-refractivity contribution >= 4 is 18.3 Å². The van der Waals surface area contributed by atoms with Crippen molar-refractivity contribution in [2.24, 2.45) is 11.8 Å². The number of amides is 1. The van der Waals surface area contributed by atoms with Crippen LogP contribution in [0.15, 0.2) is 42.7 Å². The largest absolute Gasteiger partial charge is 0.506 e. The molecule has 27 heavy (non-hydrogen) atoms. The van der Waals surface area contributed by atoms with E-state index in [0.717, 1.165) is 25.4 Å². The molecule has 0 spiro atoms. The van der Waals surface area contributed by atoms with Gasteiger partial charge in [-0.2, -0.15) is 0 Å². The molecule has 2 saturated heterocycles. The van der Waals surface area contributed by atoms with Gasteiger partial charge in [-0.25, -0.2) is 0 Å². The molecular weight excluding hydrogens is 366 g/mol. The number of methoxy groups -OCH3 is 1. The van der Waals surface area contributed by atoms with Crippen molar-refractivity contribution in [2.75, 3.05) is 33.8 Å². The molecule has 0 unspecified atom stereocenters. The number of fused-ring (bicyclic) bond motifs is 1. The average molecular weight is 390 g/mol. The van der Waals surface area contributed by atoms with Crippen LogP contribution in [0.5, 0.6) is 11.5 Å². The molecule has 2 aliphatic heterocycles. The van der Waals surface area contributed by atoms with Gasteiger partial charge in [0.2, 0.25) is 0 Å². The van der Waals surface area contributed by atoms with E-state index in [1.807, 2.05) is 17.0 Å². The zero-order chi connectivity index (χ0) is 18.3. The summed E-state index contributed by atoms with van der Waals surface area (Å²) in [6.07, 6.45) is 2.85. The first-order valence-electron chi connectivity index (χ1n) is 8.84. The Kier molecular flexibility index (Phi) is 5.58. The molecule has 2 aromatic rings. The van der Waals surface area contributed by atoms with Crippen molar-refractivity contribution in [1.29, 1.82) is 0 Å². The monoisotopic (exact) mass is 389 g/mol. The maximum atomic E-state index is 12.8. The highest BCUT2D eigenvalue weighted by Gasteiger charge is 2.47. The van der Waals surface area contributed by atoms with E-state index in [0.29, 0.717) is 23.4 Å². The molecule has 1 amide bonds. The Morgan fingerprint density at radius 3 is 2.59 bits per heavy atom. The Hall–Kier alpha value is -2.31. The van der Waals surface area contributed by atoms with Gasteiger partial charge in [0, 0.05) is 37.8 Å². The summed E-state index contributed by atoms with van der Waals surface area (Å²) in [5.41, 5.74) is 1.70. The third-order valence-corrected chi connectivity index (χ3v) is 5.61. The molecule has 4 rings (SSSR count). The van der Waals surface area contributed by atoms with E-state index in [2.05, 4.69) is 29.1 Å². The van der Waals surface area contributed by atoms with Crippen LogP contribution in [0.25, 0.3) is 0 Å². The third-order valence-electron chi connectivity index (χ3n) is 5.61. The Balaban J connectivity index is 0.00000210.